The number of aryl methyl sites for hydroxylation is 9. The molecule has 0 aromatic heterocycles. The monoisotopic (exact) mass is 667 g/mol. The van der Waals surface area contributed by atoms with E-state index >= 15 is 0 Å². The molecule has 0 unspecified atom stereocenters. The van der Waals surface area contributed by atoms with E-state index in [4.69, 9.17) is 0 Å². The Morgan fingerprint density at radius 3 is 0.980 bits per heavy atom. The average Bonchev–Trinajstić information content (AvgIpc) is 3.13. The van der Waals surface area contributed by atoms with Crippen LogP contribution in [0.3, 0.4) is 0 Å². The van der Waals surface area contributed by atoms with Gasteiger partial charge in [0.15, 0.2) is 0 Å². The van der Waals surface area contributed by atoms with E-state index < -0.39 is 0 Å². The van der Waals surface area contributed by atoms with Crippen molar-refractivity contribution in [1.82, 2.24) is 0 Å². The van der Waals surface area contributed by atoms with Crippen LogP contribution in [0.4, 0.5) is 0 Å². The van der Waals surface area contributed by atoms with Crippen molar-refractivity contribution in [3.05, 3.63) is 190 Å². The summed E-state index contributed by atoms with van der Waals surface area (Å²) in [5.74, 6) is 0. The van der Waals surface area contributed by atoms with Crippen LogP contribution in [0.2, 0.25) is 0 Å². The van der Waals surface area contributed by atoms with Crippen molar-refractivity contribution < 1.29 is 0 Å². The molecule has 0 atom stereocenters. The fourth-order valence-corrected chi connectivity index (χ4v) is 4.78. The van der Waals surface area contributed by atoms with E-state index in [9.17, 15) is 0 Å². The van der Waals surface area contributed by atoms with Crippen molar-refractivity contribution in [3.63, 3.8) is 0 Å². The van der Waals surface area contributed by atoms with Crippen LogP contribution in [0, 0.1) is 62.3 Å². The second-order valence-corrected chi connectivity index (χ2v) is 12.1. The Labute approximate surface area is 308 Å². The first-order valence-electron chi connectivity index (χ1n) is 17.9. The average molecular weight is 667 g/mol. The summed E-state index contributed by atoms with van der Waals surface area (Å²) in [5, 5.41) is 0. The van der Waals surface area contributed by atoms with Gasteiger partial charge in [0, 0.05) is 0 Å². The zero-order valence-electron chi connectivity index (χ0n) is 32.8. The quantitative estimate of drug-likeness (QED) is 0.173. The van der Waals surface area contributed by atoms with Gasteiger partial charge in [-0.05, 0) is 107 Å². The van der Waals surface area contributed by atoms with E-state index in [1.54, 1.807) is 0 Å². The molecule has 0 amide bonds. The van der Waals surface area contributed by atoms with Crippen molar-refractivity contribution in [2.75, 3.05) is 0 Å². The minimum absolute atomic E-state index is 0. The van der Waals surface area contributed by atoms with Gasteiger partial charge < -0.3 is 0 Å². The van der Waals surface area contributed by atoms with Crippen LogP contribution in [0.1, 0.15) is 85.2 Å². The van der Waals surface area contributed by atoms with Crippen LogP contribution < -0.4 is 0 Å². The lowest BCUT2D eigenvalue weighted by Crippen LogP contribution is -1.90. The maximum atomic E-state index is 2.30. The first-order chi connectivity index (χ1) is 23.5. The molecule has 0 aliphatic carbocycles. The second-order valence-electron chi connectivity index (χ2n) is 12.1. The summed E-state index contributed by atoms with van der Waals surface area (Å²) in [6, 6.07) is 49.1. The van der Waals surface area contributed by atoms with Crippen molar-refractivity contribution in [2.24, 2.45) is 0 Å². The molecule has 50 heavy (non-hydrogen) atoms. The van der Waals surface area contributed by atoms with E-state index in [0.717, 1.165) is 0 Å². The minimum Gasteiger partial charge on any atom is -0.0776 e. The van der Waals surface area contributed by atoms with Crippen LogP contribution in [0.15, 0.2) is 140 Å². The molecular weight excluding hydrogens is 601 g/mol. The molecule has 0 nitrogen and oxygen atoms in total. The molecule has 266 valence electrons. The lowest BCUT2D eigenvalue weighted by Gasteiger charge is -2.12. The summed E-state index contributed by atoms with van der Waals surface area (Å²) in [6.45, 7) is 27.2. The number of hydrogen-bond donors (Lipinski definition) is 0. The molecule has 0 N–H and O–H groups in total. The van der Waals surface area contributed by atoms with Gasteiger partial charge in [0.25, 0.3) is 0 Å². The molecule has 6 rings (SSSR count). The van der Waals surface area contributed by atoms with Gasteiger partial charge >= 0.3 is 0 Å². The third kappa shape index (κ3) is 16.6. The van der Waals surface area contributed by atoms with Gasteiger partial charge in [0.05, 0.1) is 0 Å². The van der Waals surface area contributed by atoms with E-state index in [2.05, 4.69) is 196 Å². The summed E-state index contributed by atoms with van der Waals surface area (Å²) in [4.78, 5) is 0. The largest absolute Gasteiger partial charge is 0.0776 e. The highest BCUT2D eigenvalue weighted by molar-refractivity contribution is 5.71. The predicted octanol–water partition coefficient (Wildman–Crippen LogP) is 15.5. The first kappa shape index (κ1) is 45.3. The Balaban J connectivity index is 0.000000637. The minimum atomic E-state index is 0. The highest BCUT2D eigenvalue weighted by atomic mass is 14.1. The number of rotatable bonds is 2. The lowest BCUT2D eigenvalue weighted by molar-refractivity contribution is 1.29. The smallest absolute Gasteiger partial charge is 0.0149 e. The number of hydrogen-bond acceptors (Lipinski definition) is 0. The van der Waals surface area contributed by atoms with Crippen molar-refractivity contribution >= 4 is 0 Å². The van der Waals surface area contributed by atoms with Crippen molar-refractivity contribution in [2.45, 2.75) is 97.4 Å². The van der Waals surface area contributed by atoms with Gasteiger partial charge in [-0.2, -0.15) is 0 Å². The zero-order valence-corrected chi connectivity index (χ0v) is 32.8. The van der Waals surface area contributed by atoms with Crippen LogP contribution in [0.5, 0.6) is 0 Å². The van der Waals surface area contributed by atoms with Gasteiger partial charge in [-0.3, -0.25) is 0 Å². The third-order valence-corrected chi connectivity index (χ3v) is 7.87. The SMILES string of the molecule is C.CC.CC.Cc1cc(C)c(-c2ccccc2C)cc1C.Cc1ccc(-c2ccccc2)cc1.Cc1ccc(C)cc1.Cc1ccc(C)cc1. The highest BCUT2D eigenvalue weighted by Crippen LogP contribution is 2.28. The van der Waals surface area contributed by atoms with Gasteiger partial charge in [-0.25, -0.2) is 0 Å². The fraction of sp³-hybridized carbons (Fsp3) is 0.280. The maximum absolute atomic E-state index is 2.30. The fourth-order valence-electron chi connectivity index (χ4n) is 4.78. The van der Waals surface area contributed by atoms with Crippen LogP contribution in [-0.2, 0) is 0 Å². The Kier molecular flexibility index (Phi) is 22.9. The molecule has 0 saturated carbocycles. The van der Waals surface area contributed by atoms with Crippen LogP contribution in [0.25, 0.3) is 22.3 Å². The molecule has 0 aliphatic rings. The van der Waals surface area contributed by atoms with Crippen LogP contribution >= 0.6 is 0 Å². The Bertz CT molecular complexity index is 1640. The molecule has 0 heteroatoms. The molecular formula is C50H66. The molecule has 0 spiro atoms. The molecule has 0 fully saturated rings. The van der Waals surface area contributed by atoms with Crippen molar-refractivity contribution in [1.29, 1.82) is 0 Å². The Hall–Kier alpha value is -4.68. The molecule has 0 saturated heterocycles. The first-order valence-corrected chi connectivity index (χ1v) is 17.9. The summed E-state index contributed by atoms with van der Waals surface area (Å²) in [5.41, 5.74) is 17.3. The highest BCUT2D eigenvalue weighted by Gasteiger charge is 2.06. The Morgan fingerprint density at radius 1 is 0.260 bits per heavy atom. The third-order valence-electron chi connectivity index (χ3n) is 7.87. The summed E-state index contributed by atoms with van der Waals surface area (Å²) in [7, 11) is 0. The lowest BCUT2D eigenvalue weighted by atomic mass is 9.93. The standard InChI is InChI=1S/C16H18.C13H12.2C8H10.2C2H6.CH4/c1-11-7-5-6-8-15(11)16-10-13(3)12(2)9-14(16)4;1-11-7-9-13(10-8-11)12-5-3-2-4-6-12;2*1-7-3-5-8(2)6-4-7;2*1-2;/h5-10H,1-4H3;2-10H,1H3;2*3-6H,1-2H3;2*1-2H3;1H4. The molecule has 0 bridgehead atoms. The van der Waals surface area contributed by atoms with Gasteiger partial charge in [0.1, 0.15) is 0 Å². The topological polar surface area (TPSA) is 0 Å². The van der Waals surface area contributed by atoms with E-state index in [1.165, 1.54) is 72.3 Å². The van der Waals surface area contributed by atoms with Gasteiger partial charge in [0.2, 0.25) is 0 Å². The molecule has 6 aromatic rings. The normalized spacial score (nSPS) is 9.14. The summed E-state index contributed by atoms with van der Waals surface area (Å²) >= 11 is 0. The van der Waals surface area contributed by atoms with Gasteiger partial charge in [-0.1, -0.05) is 202 Å². The van der Waals surface area contributed by atoms with E-state index in [-0.39, 0.29) is 7.43 Å². The molecule has 0 heterocycles. The predicted molar refractivity (Wildman–Crippen MR) is 229 cm³/mol. The van der Waals surface area contributed by atoms with E-state index in [0.29, 0.717) is 0 Å². The second kappa shape index (κ2) is 25.3. The van der Waals surface area contributed by atoms with Gasteiger partial charge in [-0.15, -0.1) is 0 Å². The molecule has 0 aliphatic heterocycles. The summed E-state index contributed by atoms with van der Waals surface area (Å²) < 4.78 is 0. The number of benzene rings is 6. The Morgan fingerprint density at radius 2 is 0.580 bits per heavy atom. The van der Waals surface area contributed by atoms with E-state index in [1.807, 2.05) is 33.8 Å². The maximum Gasteiger partial charge on any atom is -0.0149 e. The van der Waals surface area contributed by atoms with Crippen LogP contribution in [-0.4, -0.2) is 0 Å². The molecule has 6 aromatic carbocycles. The molecule has 0 radical (unpaired) electrons. The summed E-state index contributed by atoms with van der Waals surface area (Å²) in [6.07, 6.45) is 0. The zero-order chi connectivity index (χ0) is 36.8. The van der Waals surface area contributed by atoms with Crippen molar-refractivity contribution in [3.8, 4) is 22.3 Å².